The van der Waals surface area contributed by atoms with E-state index in [1.165, 1.54) is 20.7 Å². The molecule has 0 amide bonds. The summed E-state index contributed by atoms with van der Waals surface area (Å²) in [6.45, 7) is -0.0370. The Balaban J connectivity index is 2.57. The van der Waals surface area contributed by atoms with Crippen molar-refractivity contribution in [3.8, 4) is 10.6 Å². The van der Waals surface area contributed by atoms with E-state index >= 15 is 0 Å². The highest BCUT2D eigenvalue weighted by molar-refractivity contribution is 7.80. The van der Waals surface area contributed by atoms with Gasteiger partial charge in [-0.25, -0.2) is 0 Å². The Morgan fingerprint density at radius 2 is 2.21 bits per heavy atom. The molecule has 0 spiro atoms. The van der Waals surface area contributed by atoms with Crippen LogP contribution in [-0.2, 0) is 6.61 Å². The Labute approximate surface area is 93.1 Å². The van der Waals surface area contributed by atoms with Crippen LogP contribution in [0.25, 0.3) is 10.6 Å². The Hall–Kier alpha value is -0.690. The van der Waals surface area contributed by atoms with Crippen LogP contribution in [-0.4, -0.2) is 15.1 Å². The maximum absolute atomic E-state index is 9.15. The minimum absolute atomic E-state index is 0.0370. The lowest BCUT2D eigenvalue weighted by Gasteiger charge is -1.97. The molecule has 0 aliphatic carbocycles. The second-order valence-corrected chi connectivity index (χ2v) is 5.33. The molecule has 14 heavy (non-hydrogen) atoms. The van der Waals surface area contributed by atoms with Gasteiger partial charge in [0.25, 0.3) is 0 Å². The van der Waals surface area contributed by atoms with E-state index < -0.39 is 0 Å². The van der Waals surface area contributed by atoms with Gasteiger partial charge in [0.05, 0.1) is 23.4 Å². The molecule has 0 fully saturated rings. The molecular weight excluding hydrogens is 236 g/mol. The quantitative estimate of drug-likeness (QED) is 0.649. The van der Waals surface area contributed by atoms with Gasteiger partial charge in [-0.15, -0.1) is 0 Å². The molecular formula is C8H6N2OS3. The maximum atomic E-state index is 9.15. The van der Waals surface area contributed by atoms with Gasteiger partial charge in [-0.3, -0.25) is 9.97 Å². The van der Waals surface area contributed by atoms with Crippen LogP contribution < -0.4 is 0 Å². The molecule has 1 N–H and O–H groups in total. The van der Waals surface area contributed by atoms with Crippen molar-refractivity contribution in [3.63, 3.8) is 0 Å². The standard InChI is InChI=1S/C8H6N2OS3/c11-4-5-7(13-14-8(5)12)6-3-9-1-2-10-6/h1-3,11H,4H2. The normalized spacial score (nSPS) is 10.4. The lowest BCUT2D eigenvalue weighted by atomic mass is 10.2. The van der Waals surface area contributed by atoms with E-state index in [1.807, 2.05) is 0 Å². The van der Waals surface area contributed by atoms with Gasteiger partial charge in [0.2, 0.25) is 0 Å². The molecule has 3 nitrogen and oxygen atoms in total. The maximum Gasteiger partial charge on any atom is 0.108 e. The summed E-state index contributed by atoms with van der Waals surface area (Å²) in [6.07, 6.45) is 4.92. The minimum Gasteiger partial charge on any atom is -0.392 e. The SMILES string of the molecule is OCc1c(-c2cnccn2)ssc1=S. The van der Waals surface area contributed by atoms with Crippen molar-refractivity contribution in [1.29, 1.82) is 0 Å². The third-order valence-electron chi connectivity index (χ3n) is 1.68. The summed E-state index contributed by atoms with van der Waals surface area (Å²) in [6, 6.07) is 0. The van der Waals surface area contributed by atoms with Gasteiger partial charge in [-0.05, 0) is 0 Å². The van der Waals surface area contributed by atoms with Crippen molar-refractivity contribution in [2.24, 2.45) is 0 Å². The summed E-state index contributed by atoms with van der Waals surface area (Å²) in [5.41, 5.74) is 1.56. The van der Waals surface area contributed by atoms with Gasteiger partial charge in [0.15, 0.2) is 0 Å². The van der Waals surface area contributed by atoms with Crippen molar-refractivity contribution < 1.29 is 5.11 Å². The molecule has 0 atom stereocenters. The summed E-state index contributed by atoms with van der Waals surface area (Å²) in [5, 5.41) is 9.15. The lowest BCUT2D eigenvalue weighted by molar-refractivity contribution is 0.282. The first-order chi connectivity index (χ1) is 6.83. The van der Waals surface area contributed by atoms with Crippen LogP contribution in [0.5, 0.6) is 0 Å². The first-order valence-corrected chi connectivity index (χ1v) is 6.38. The molecule has 2 heterocycles. The van der Waals surface area contributed by atoms with Crippen molar-refractivity contribution in [1.82, 2.24) is 9.97 Å². The predicted molar refractivity (Wildman–Crippen MR) is 60.0 cm³/mol. The average molecular weight is 242 g/mol. The van der Waals surface area contributed by atoms with Gasteiger partial charge in [-0.2, -0.15) is 0 Å². The van der Waals surface area contributed by atoms with Crippen LogP contribution in [0, 0.1) is 3.82 Å². The molecule has 0 saturated carbocycles. The summed E-state index contributed by atoms with van der Waals surface area (Å²) in [7, 11) is 3.01. The zero-order valence-electron chi connectivity index (χ0n) is 7.01. The van der Waals surface area contributed by atoms with Crippen molar-refractivity contribution in [3.05, 3.63) is 28.0 Å². The zero-order chi connectivity index (χ0) is 9.97. The number of aromatic nitrogens is 2. The number of nitrogens with zero attached hydrogens (tertiary/aromatic N) is 2. The van der Waals surface area contributed by atoms with E-state index in [0.29, 0.717) is 0 Å². The number of rotatable bonds is 2. The van der Waals surface area contributed by atoms with E-state index in [-0.39, 0.29) is 6.61 Å². The monoisotopic (exact) mass is 242 g/mol. The van der Waals surface area contributed by atoms with Crippen LogP contribution >= 0.6 is 32.9 Å². The lowest BCUT2D eigenvalue weighted by Crippen LogP contribution is -1.87. The average Bonchev–Trinajstić information content (AvgIpc) is 2.61. The Morgan fingerprint density at radius 1 is 1.36 bits per heavy atom. The van der Waals surface area contributed by atoms with Crippen LogP contribution in [0.15, 0.2) is 18.6 Å². The summed E-state index contributed by atoms with van der Waals surface area (Å²) >= 11 is 5.09. The second kappa shape index (κ2) is 4.22. The first-order valence-electron chi connectivity index (χ1n) is 3.82. The Morgan fingerprint density at radius 3 is 2.86 bits per heavy atom. The summed E-state index contributed by atoms with van der Waals surface area (Å²) in [4.78, 5) is 9.07. The Kier molecular flexibility index (Phi) is 2.97. The highest BCUT2D eigenvalue weighted by atomic mass is 32.9. The topological polar surface area (TPSA) is 46.0 Å². The van der Waals surface area contributed by atoms with Crippen LogP contribution in [0.3, 0.4) is 0 Å². The van der Waals surface area contributed by atoms with Crippen LogP contribution in [0.1, 0.15) is 5.56 Å². The molecule has 0 aromatic carbocycles. The van der Waals surface area contributed by atoms with E-state index in [2.05, 4.69) is 9.97 Å². The van der Waals surface area contributed by atoms with E-state index in [1.54, 1.807) is 18.6 Å². The van der Waals surface area contributed by atoms with Gasteiger partial charge < -0.3 is 5.11 Å². The third kappa shape index (κ3) is 1.74. The van der Waals surface area contributed by atoms with Gasteiger partial charge in [-0.1, -0.05) is 32.9 Å². The molecule has 0 radical (unpaired) electrons. The number of aliphatic hydroxyl groups excluding tert-OH is 1. The molecule has 0 aliphatic heterocycles. The predicted octanol–water partition coefficient (Wildman–Crippen LogP) is 2.49. The van der Waals surface area contributed by atoms with Crippen molar-refractivity contribution >= 4 is 32.9 Å². The molecule has 0 unspecified atom stereocenters. The fraction of sp³-hybridized carbons (Fsp3) is 0.125. The number of hydrogen-bond acceptors (Lipinski definition) is 6. The fourth-order valence-corrected chi connectivity index (χ4v) is 3.85. The van der Waals surface area contributed by atoms with Crippen LogP contribution in [0.4, 0.5) is 0 Å². The molecule has 6 heteroatoms. The number of aliphatic hydroxyl groups is 1. The molecule has 0 bridgehead atoms. The highest BCUT2D eigenvalue weighted by Crippen LogP contribution is 2.32. The minimum atomic E-state index is -0.0370. The van der Waals surface area contributed by atoms with Crippen LogP contribution in [0.2, 0.25) is 0 Å². The second-order valence-electron chi connectivity index (χ2n) is 2.51. The van der Waals surface area contributed by atoms with Crippen molar-refractivity contribution in [2.45, 2.75) is 6.61 Å². The van der Waals surface area contributed by atoms with Gasteiger partial charge in [0.1, 0.15) is 3.82 Å². The summed E-state index contributed by atoms with van der Waals surface area (Å²) < 4.78 is 0.734. The molecule has 0 aliphatic rings. The largest absolute Gasteiger partial charge is 0.392 e. The molecule has 0 saturated heterocycles. The third-order valence-corrected chi connectivity index (χ3v) is 4.84. The van der Waals surface area contributed by atoms with Gasteiger partial charge in [0, 0.05) is 18.0 Å². The molecule has 2 rings (SSSR count). The van der Waals surface area contributed by atoms with Crippen molar-refractivity contribution in [2.75, 3.05) is 0 Å². The van der Waals surface area contributed by atoms with E-state index in [9.17, 15) is 0 Å². The molecule has 2 aromatic rings. The summed E-state index contributed by atoms with van der Waals surface area (Å²) in [5.74, 6) is 0. The molecule has 72 valence electrons. The Bertz CT molecular complexity index is 477. The van der Waals surface area contributed by atoms with Gasteiger partial charge >= 0.3 is 0 Å². The zero-order valence-corrected chi connectivity index (χ0v) is 9.46. The highest BCUT2D eigenvalue weighted by Gasteiger charge is 2.10. The fourth-order valence-electron chi connectivity index (χ4n) is 1.02. The van der Waals surface area contributed by atoms with E-state index in [0.717, 1.165) is 20.0 Å². The smallest absolute Gasteiger partial charge is 0.108 e. The molecule has 2 aromatic heterocycles. The van der Waals surface area contributed by atoms with E-state index in [4.69, 9.17) is 17.3 Å². The first kappa shape index (κ1) is 9.85. The number of hydrogen-bond donors (Lipinski definition) is 1.